The van der Waals surface area contributed by atoms with Crippen LogP contribution in [0.1, 0.15) is 15.9 Å². The van der Waals surface area contributed by atoms with Crippen LogP contribution in [-0.4, -0.2) is 12.5 Å². The maximum atomic E-state index is 12.7. The molecule has 19 heavy (non-hydrogen) atoms. The first kappa shape index (κ1) is 13.1. The van der Waals surface area contributed by atoms with E-state index in [9.17, 15) is 9.18 Å². The fourth-order valence-electron chi connectivity index (χ4n) is 1.65. The molecule has 2 aromatic carbocycles. The number of carbonyl (C=O) groups excluding carboxylic acids is 1. The molecule has 2 rings (SSSR count). The lowest BCUT2D eigenvalue weighted by molar-refractivity contribution is 0.100. The predicted molar refractivity (Wildman–Crippen MR) is 70.6 cm³/mol. The maximum Gasteiger partial charge on any atom is 0.248 e. The number of rotatable bonds is 5. The van der Waals surface area contributed by atoms with Gasteiger partial charge < -0.3 is 10.5 Å². The van der Waals surface area contributed by atoms with Gasteiger partial charge in [-0.3, -0.25) is 4.79 Å². The summed E-state index contributed by atoms with van der Waals surface area (Å²) < 4.78 is 18.2. The minimum atomic E-state index is -0.436. The third-order valence-electron chi connectivity index (χ3n) is 2.71. The van der Waals surface area contributed by atoms with E-state index >= 15 is 0 Å². The van der Waals surface area contributed by atoms with Crippen LogP contribution in [0.25, 0.3) is 0 Å². The van der Waals surface area contributed by atoms with Crippen LogP contribution in [0.15, 0.2) is 48.5 Å². The predicted octanol–water partition coefficient (Wildman–Crippen LogP) is 2.55. The Balaban J connectivity index is 1.85. The lowest BCUT2D eigenvalue weighted by Crippen LogP contribution is -2.10. The second kappa shape index (κ2) is 6.00. The number of hydrogen-bond donors (Lipinski definition) is 1. The van der Waals surface area contributed by atoms with Crippen molar-refractivity contribution >= 4 is 5.91 Å². The minimum Gasteiger partial charge on any atom is -0.493 e. The average Bonchev–Trinajstić information content (AvgIpc) is 2.41. The van der Waals surface area contributed by atoms with E-state index in [0.717, 1.165) is 5.56 Å². The molecule has 0 atom stereocenters. The van der Waals surface area contributed by atoms with Crippen LogP contribution < -0.4 is 10.5 Å². The van der Waals surface area contributed by atoms with Crippen molar-refractivity contribution in [3.05, 3.63) is 65.5 Å². The van der Waals surface area contributed by atoms with E-state index in [1.54, 1.807) is 24.3 Å². The summed E-state index contributed by atoms with van der Waals surface area (Å²) in [6, 6.07) is 13.0. The zero-order chi connectivity index (χ0) is 13.7. The molecule has 0 unspecified atom stereocenters. The Kier molecular flexibility index (Phi) is 4.13. The normalized spacial score (nSPS) is 10.2. The van der Waals surface area contributed by atoms with Gasteiger partial charge in [0.2, 0.25) is 5.91 Å². The number of carbonyl (C=O) groups is 1. The van der Waals surface area contributed by atoms with Gasteiger partial charge in [0.25, 0.3) is 0 Å². The van der Waals surface area contributed by atoms with Gasteiger partial charge >= 0.3 is 0 Å². The second-order valence-electron chi connectivity index (χ2n) is 4.11. The van der Waals surface area contributed by atoms with Gasteiger partial charge in [0.05, 0.1) is 6.61 Å². The number of amides is 1. The van der Waals surface area contributed by atoms with Crippen molar-refractivity contribution in [2.75, 3.05) is 6.61 Å². The zero-order valence-electron chi connectivity index (χ0n) is 10.3. The van der Waals surface area contributed by atoms with E-state index in [0.29, 0.717) is 24.3 Å². The molecule has 0 aliphatic rings. The summed E-state index contributed by atoms with van der Waals surface area (Å²) in [5, 5.41) is 0. The van der Waals surface area contributed by atoms with Gasteiger partial charge in [0.1, 0.15) is 11.6 Å². The fraction of sp³-hybridized carbons (Fsp3) is 0.133. The Bertz CT molecular complexity index is 549. The molecule has 0 spiro atoms. The van der Waals surface area contributed by atoms with Crippen molar-refractivity contribution in [1.29, 1.82) is 0 Å². The van der Waals surface area contributed by atoms with Crippen LogP contribution in [0, 0.1) is 5.82 Å². The number of benzene rings is 2. The third-order valence-corrected chi connectivity index (χ3v) is 2.71. The third kappa shape index (κ3) is 3.81. The molecule has 0 aliphatic carbocycles. The lowest BCUT2D eigenvalue weighted by Gasteiger charge is -2.06. The highest BCUT2D eigenvalue weighted by molar-refractivity contribution is 5.92. The van der Waals surface area contributed by atoms with Gasteiger partial charge in [-0.1, -0.05) is 12.1 Å². The van der Waals surface area contributed by atoms with Crippen LogP contribution in [0.2, 0.25) is 0 Å². The standard InChI is InChI=1S/C15H14FNO2/c16-13-5-7-14(8-6-13)19-10-9-11-1-3-12(4-2-11)15(17)18/h1-8H,9-10H2,(H2,17,18). The first-order valence-corrected chi connectivity index (χ1v) is 5.92. The van der Waals surface area contributed by atoms with Crippen LogP contribution >= 0.6 is 0 Å². The maximum absolute atomic E-state index is 12.7. The molecule has 2 aromatic rings. The Hall–Kier alpha value is -2.36. The van der Waals surface area contributed by atoms with Gasteiger partial charge in [-0.25, -0.2) is 4.39 Å². The Morgan fingerprint density at radius 2 is 1.68 bits per heavy atom. The minimum absolute atomic E-state index is 0.283. The average molecular weight is 259 g/mol. The van der Waals surface area contributed by atoms with E-state index in [1.165, 1.54) is 12.1 Å². The highest BCUT2D eigenvalue weighted by atomic mass is 19.1. The van der Waals surface area contributed by atoms with Crippen molar-refractivity contribution in [3.8, 4) is 5.75 Å². The van der Waals surface area contributed by atoms with Crippen molar-refractivity contribution in [2.45, 2.75) is 6.42 Å². The molecular formula is C15H14FNO2. The quantitative estimate of drug-likeness (QED) is 0.897. The SMILES string of the molecule is NC(=O)c1ccc(CCOc2ccc(F)cc2)cc1. The van der Waals surface area contributed by atoms with Gasteiger partial charge in [0.15, 0.2) is 0 Å². The fourth-order valence-corrected chi connectivity index (χ4v) is 1.65. The number of hydrogen-bond acceptors (Lipinski definition) is 2. The molecule has 2 N–H and O–H groups in total. The van der Waals surface area contributed by atoms with Gasteiger partial charge in [0, 0.05) is 12.0 Å². The largest absolute Gasteiger partial charge is 0.493 e. The molecule has 1 amide bonds. The summed E-state index contributed by atoms with van der Waals surface area (Å²) in [4.78, 5) is 10.9. The van der Waals surface area contributed by atoms with Crippen molar-refractivity contribution in [3.63, 3.8) is 0 Å². The molecule has 0 bridgehead atoms. The first-order chi connectivity index (χ1) is 9.15. The van der Waals surface area contributed by atoms with Gasteiger partial charge in [-0.05, 0) is 42.0 Å². The summed E-state index contributed by atoms with van der Waals surface area (Å²) in [7, 11) is 0. The summed E-state index contributed by atoms with van der Waals surface area (Å²) in [6.07, 6.45) is 0.705. The molecule has 0 radical (unpaired) electrons. The first-order valence-electron chi connectivity index (χ1n) is 5.92. The lowest BCUT2D eigenvalue weighted by atomic mass is 10.1. The summed E-state index contributed by atoms with van der Waals surface area (Å²) in [5.74, 6) is -0.0846. The van der Waals surface area contributed by atoms with Crippen molar-refractivity contribution in [2.24, 2.45) is 5.73 Å². The van der Waals surface area contributed by atoms with Gasteiger partial charge in [-0.15, -0.1) is 0 Å². The van der Waals surface area contributed by atoms with Crippen molar-refractivity contribution in [1.82, 2.24) is 0 Å². The molecule has 3 nitrogen and oxygen atoms in total. The highest BCUT2D eigenvalue weighted by Crippen LogP contribution is 2.12. The van der Waals surface area contributed by atoms with Crippen LogP contribution in [0.4, 0.5) is 4.39 Å². The smallest absolute Gasteiger partial charge is 0.248 e. The zero-order valence-corrected chi connectivity index (χ0v) is 10.3. The number of nitrogens with two attached hydrogens (primary N) is 1. The molecule has 0 fully saturated rings. The Morgan fingerprint density at radius 3 is 2.26 bits per heavy atom. The number of primary amides is 1. The second-order valence-corrected chi connectivity index (χ2v) is 4.11. The Labute approximate surface area is 110 Å². The van der Waals surface area contributed by atoms with E-state index in [1.807, 2.05) is 12.1 Å². The van der Waals surface area contributed by atoms with Gasteiger partial charge in [-0.2, -0.15) is 0 Å². The van der Waals surface area contributed by atoms with E-state index in [2.05, 4.69) is 0 Å². The summed E-state index contributed by atoms with van der Waals surface area (Å²) in [5.41, 5.74) is 6.70. The molecule has 4 heteroatoms. The summed E-state index contributed by atoms with van der Waals surface area (Å²) in [6.45, 7) is 0.488. The van der Waals surface area contributed by atoms with Crippen molar-refractivity contribution < 1.29 is 13.9 Å². The summed E-state index contributed by atoms with van der Waals surface area (Å²) >= 11 is 0. The number of ether oxygens (including phenoxy) is 1. The Morgan fingerprint density at radius 1 is 1.05 bits per heavy atom. The highest BCUT2D eigenvalue weighted by Gasteiger charge is 2.00. The molecule has 0 aliphatic heterocycles. The molecule has 0 saturated carbocycles. The molecule has 0 heterocycles. The van der Waals surface area contributed by atoms with E-state index in [-0.39, 0.29) is 5.82 Å². The molecular weight excluding hydrogens is 245 g/mol. The van der Waals surface area contributed by atoms with E-state index < -0.39 is 5.91 Å². The molecule has 0 aromatic heterocycles. The molecule has 98 valence electrons. The van der Waals surface area contributed by atoms with Crippen LogP contribution in [0.5, 0.6) is 5.75 Å². The topological polar surface area (TPSA) is 52.3 Å². The van der Waals surface area contributed by atoms with Crippen LogP contribution in [-0.2, 0) is 6.42 Å². The van der Waals surface area contributed by atoms with Crippen LogP contribution in [0.3, 0.4) is 0 Å². The molecule has 0 saturated heterocycles. The van der Waals surface area contributed by atoms with E-state index in [4.69, 9.17) is 10.5 Å². The monoisotopic (exact) mass is 259 g/mol. The number of halogens is 1.